The van der Waals surface area contributed by atoms with Crippen LogP contribution >= 0.6 is 0 Å². The van der Waals surface area contributed by atoms with Crippen molar-refractivity contribution in [2.24, 2.45) is 0 Å². The Labute approximate surface area is 142 Å². The molecule has 0 bridgehead atoms. The van der Waals surface area contributed by atoms with Crippen LogP contribution in [-0.4, -0.2) is 54.0 Å². The average Bonchev–Trinajstić information content (AvgIpc) is 2.63. The van der Waals surface area contributed by atoms with Gasteiger partial charge < -0.3 is 9.64 Å². The molecule has 5 heteroatoms. The van der Waals surface area contributed by atoms with E-state index in [-0.39, 0.29) is 5.91 Å². The lowest BCUT2D eigenvalue weighted by Crippen LogP contribution is -2.48. The second-order valence-corrected chi connectivity index (χ2v) is 6.00. The lowest BCUT2D eigenvalue weighted by molar-refractivity contribution is -0.132. The lowest BCUT2D eigenvalue weighted by atomic mass is 10.1. The van der Waals surface area contributed by atoms with Gasteiger partial charge in [-0.2, -0.15) is 0 Å². The summed E-state index contributed by atoms with van der Waals surface area (Å²) < 4.78 is 5.33. The van der Waals surface area contributed by atoms with E-state index in [2.05, 4.69) is 9.88 Å². The molecular weight excluding hydrogens is 302 g/mol. The van der Waals surface area contributed by atoms with Crippen LogP contribution in [0.5, 0.6) is 5.75 Å². The summed E-state index contributed by atoms with van der Waals surface area (Å²) in [5.74, 6) is 0.949. The molecule has 2 aromatic rings. The molecule has 0 aliphatic carbocycles. The van der Waals surface area contributed by atoms with Crippen molar-refractivity contribution < 1.29 is 9.53 Å². The number of nitrogens with zero attached hydrogens (tertiary/aromatic N) is 3. The van der Waals surface area contributed by atoms with Crippen molar-refractivity contribution in [1.29, 1.82) is 0 Å². The molecule has 3 rings (SSSR count). The van der Waals surface area contributed by atoms with Crippen molar-refractivity contribution in [3.05, 3.63) is 59.9 Å². The van der Waals surface area contributed by atoms with Crippen LogP contribution in [0.25, 0.3) is 0 Å². The third-order valence-electron chi connectivity index (χ3n) is 4.41. The number of rotatable bonds is 5. The smallest absolute Gasteiger partial charge is 0.227 e. The van der Waals surface area contributed by atoms with Crippen LogP contribution in [-0.2, 0) is 17.8 Å². The summed E-state index contributed by atoms with van der Waals surface area (Å²) >= 11 is 0. The fraction of sp³-hybridized carbons (Fsp3) is 0.368. The maximum absolute atomic E-state index is 12.5. The molecule has 1 aromatic heterocycles. The molecule has 24 heavy (non-hydrogen) atoms. The van der Waals surface area contributed by atoms with Crippen LogP contribution in [0.2, 0.25) is 0 Å². The standard InChI is InChI=1S/C19H23N3O2/c1-24-18-5-3-2-4-17(18)14-19(23)22-12-10-21(11-13-22)15-16-6-8-20-9-7-16/h2-9H,10-15H2,1H3. The van der Waals surface area contributed by atoms with E-state index in [9.17, 15) is 4.79 Å². The molecule has 1 saturated heterocycles. The number of amides is 1. The maximum Gasteiger partial charge on any atom is 0.227 e. The van der Waals surface area contributed by atoms with Gasteiger partial charge in [0.15, 0.2) is 0 Å². The zero-order valence-corrected chi connectivity index (χ0v) is 14.0. The predicted octanol–water partition coefficient (Wildman–Crippen LogP) is 1.98. The van der Waals surface area contributed by atoms with Crippen LogP contribution in [0, 0.1) is 0 Å². The Hall–Kier alpha value is -2.40. The van der Waals surface area contributed by atoms with Crippen molar-refractivity contribution in [3.8, 4) is 5.75 Å². The Bertz CT molecular complexity index is 667. The zero-order chi connectivity index (χ0) is 16.8. The highest BCUT2D eigenvalue weighted by Crippen LogP contribution is 2.19. The number of aromatic nitrogens is 1. The Morgan fingerprint density at radius 2 is 1.79 bits per heavy atom. The van der Waals surface area contributed by atoms with Crippen molar-refractivity contribution in [3.63, 3.8) is 0 Å². The van der Waals surface area contributed by atoms with Crippen LogP contribution in [0.1, 0.15) is 11.1 Å². The van der Waals surface area contributed by atoms with E-state index < -0.39 is 0 Å². The van der Waals surface area contributed by atoms with Crippen molar-refractivity contribution >= 4 is 5.91 Å². The molecule has 0 unspecified atom stereocenters. The lowest BCUT2D eigenvalue weighted by Gasteiger charge is -2.35. The second-order valence-electron chi connectivity index (χ2n) is 6.00. The second kappa shape index (κ2) is 7.93. The summed E-state index contributed by atoms with van der Waals surface area (Å²) in [5.41, 5.74) is 2.21. The van der Waals surface area contributed by atoms with E-state index in [1.54, 1.807) is 7.11 Å². The van der Waals surface area contributed by atoms with Crippen LogP contribution in [0.4, 0.5) is 0 Å². The van der Waals surface area contributed by atoms with Crippen molar-refractivity contribution in [2.45, 2.75) is 13.0 Å². The number of methoxy groups -OCH3 is 1. The van der Waals surface area contributed by atoms with Crippen LogP contribution < -0.4 is 4.74 Å². The van der Waals surface area contributed by atoms with Crippen LogP contribution in [0.3, 0.4) is 0 Å². The van der Waals surface area contributed by atoms with Gasteiger partial charge in [0.1, 0.15) is 5.75 Å². The molecule has 0 N–H and O–H groups in total. The fourth-order valence-corrected chi connectivity index (χ4v) is 3.03. The van der Waals surface area contributed by atoms with Crippen molar-refractivity contribution in [1.82, 2.24) is 14.8 Å². The number of ether oxygens (including phenoxy) is 1. The summed E-state index contributed by atoms with van der Waals surface area (Å²) in [6, 6.07) is 11.8. The molecule has 1 aliphatic heterocycles. The van der Waals surface area contributed by atoms with E-state index in [0.717, 1.165) is 44.0 Å². The number of benzene rings is 1. The zero-order valence-electron chi connectivity index (χ0n) is 14.0. The van der Waals surface area contributed by atoms with Gasteiger partial charge in [-0.05, 0) is 23.8 Å². The molecule has 2 heterocycles. The fourth-order valence-electron chi connectivity index (χ4n) is 3.03. The molecule has 1 amide bonds. The minimum Gasteiger partial charge on any atom is -0.496 e. The van der Waals surface area contributed by atoms with Gasteiger partial charge in [-0.15, -0.1) is 0 Å². The molecule has 0 saturated carbocycles. The number of piperazine rings is 1. The Balaban J connectivity index is 1.52. The molecule has 0 radical (unpaired) electrons. The van der Waals surface area contributed by atoms with Gasteiger partial charge in [-0.3, -0.25) is 14.7 Å². The molecule has 1 fully saturated rings. The predicted molar refractivity (Wildman–Crippen MR) is 92.8 cm³/mol. The molecule has 1 aromatic carbocycles. The highest BCUT2D eigenvalue weighted by molar-refractivity contribution is 5.79. The summed E-state index contributed by atoms with van der Waals surface area (Å²) in [5, 5.41) is 0. The number of hydrogen-bond acceptors (Lipinski definition) is 4. The number of hydrogen-bond donors (Lipinski definition) is 0. The molecule has 0 spiro atoms. The molecular formula is C19H23N3O2. The SMILES string of the molecule is COc1ccccc1CC(=O)N1CCN(Cc2ccncc2)CC1. The van der Waals surface area contributed by atoms with Gasteiger partial charge in [-0.1, -0.05) is 18.2 Å². The highest BCUT2D eigenvalue weighted by Gasteiger charge is 2.21. The topological polar surface area (TPSA) is 45.7 Å². The Morgan fingerprint density at radius 3 is 2.50 bits per heavy atom. The first-order chi connectivity index (χ1) is 11.8. The maximum atomic E-state index is 12.5. The van der Waals surface area contributed by atoms with E-state index >= 15 is 0 Å². The number of carbonyl (C=O) groups is 1. The van der Waals surface area contributed by atoms with E-state index in [1.807, 2.05) is 53.7 Å². The largest absolute Gasteiger partial charge is 0.496 e. The number of para-hydroxylation sites is 1. The van der Waals surface area contributed by atoms with Gasteiger partial charge in [-0.25, -0.2) is 0 Å². The number of pyridine rings is 1. The minimum atomic E-state index is 0.170. The average molecular weight is 325 g/mol. The summed E-state index contributed by atoms with van der Waals surface area (Å²) in [6.07, 6.45) is 4.04. The monoisotopic (exact) mass is 325 g/mol. The minimum absolute atomic E-state index is 0.170. The number of carbonyl (C=O) groups excluding carboxylic acids is 1. The first kappa shape index (κ1) is 16.5. The molecule has 1 aliphatic rings. The summed E-state index contributed by atoms with van der Waals surface area (Å²) in [4.78, 5) is 20.9. The third-order valence-corrected chi connectivity index (χ3v) is 4.41. The third kappa shape index (κ3) is 4.11. The van der Waals surface area contributed by atoms with Gasteiger partial charge in [0.25, 0.3) is 0 Å². The first-order valence-electron chi connectivity index (χ1n) is 8.27. The molecule has 5 nitrogen and oxygen atoms in total. The molecule has 0 atom stereocenters. The van der Waals surface area contributed by atoms with Gasteiger partial charge in [0.05, 0.1) is 13.5 Å². The first-order valence-corrected chi connectivity index (χ1v) is 8.27. The van der Waals surface area contributed by atoms with E-state index in [4.69, 9.17) is 4.74 Å². The van der Waals surface area contributed by atoms with Crippen LogP contribution in [0.15, 0.2) is 48.8 Å². The highest BCUT2D eigenvalue weighted by atomic mass is 16.5. The summed E-state index contributed by atoms with van der Waals surface area (Å²) in [7, 11) is 1.64. The van der Waals surface area contributed by atoms with Gasteiger partial charge in [0.2, 0.25) is 5.91 Å². The normalized spacial score (nSPS) is 15.3. The van der Waals surface area contributed by atoms with E-state index in [1.165, 1.54) is 5.56 Å². The van der Waals surface area contributed by atoms with E-state index in [0.29, 0.717) is 6.42 Å². The quantitative estimate of drug-likeness (QED) is 0.843. The Morgan fingerprint density at radius 1 is 1.08 bits per heavy atom. The summed E-state index contributed by atoms with van der Waals surface area (Å²) in [6.45, 7) is 4.27. The Kier molecular flexibility index (Phi) is 5.43. The van der Waals surface area contributed by atoms with Gasteiger partial charge >= 0.3 is 0 Å². The molecule has 126 valence electrons. The van der Waals surface area contributed by atoms with Gasteiger partial charge in [0, 0.05) is 50.7 Å². The van der Waals surface area contributed by atoms with Crippen molar-refractivity contribution in [2.75, 3.05) is 33.3 Å².